The molecule has 0 saturated carbocycles. The molecule has 1 aromatic rings. The Bertz CT molecular complexity index is 324. The van der Waals surface area contributed by atoms with E-state index >= 15 is 0 Å². The molecule has 4 heteroatoms. The number of amides is 1. The van der Waals surface area contributed by atoms with Crippen LogP contribution in [0.4, 0.5) is 0 Å². The number of aromatic nitrogens is 1. The molecule has 0 saturated heterocycles. The minimum atomic E-state index is -0.00205. The van der Waals surface area contributed by atoms with Crippen molar-refractivity contribution in [3.63, 3.8) is 0 Å². The Kier molecular flexibility index (Phi) is 5.88. The van der Waals surface area contributed by atoms with Crippen molar-refractivity contribution in [3.05, 3.63) is 42.7 Å². The molecular weight excluding hydrogens is 202 g/mol. The van der Waals surface area contributed by atoms with Gasteiger partial charge in [0, 0.05) is 31.4 Å². The predicted octanol–water partition coefficient (Wildman–Crippen LogP) is 0.516. The van der Waals surface area contributed by atoms with Gasteiger partial charge in [-0.2, -0.15) is 0 Å². The lowest BCUT2D eigenvalue weighted by Crippen LogP contribution is -2.35. The van der Waals surface area contributed by atoms with Crippen LogP contribution in [0, 0.1) is 0 Å². The zero-order chi connectivity index (χ0) is 11.6. The van der Waals surface area contributed by atoms with E-state index in [9.17, 15) is 4.79 Å². The number of nitrogens with zero attached hydrogens (tertiary/aromatic N) is 1. The Labute approximate surface area is 95.8 Å². The van der Waals surface area contributed by atoms with Gasteiger partial charge in [0.05, 0.1) is 6.54 Å². The second-order valence-electron chi connectivity index (χ2n) is 3.34. The lowest BCUT2D eigenvalue weighted by Gasteiger charge is -2.04. The van der Waals surface area contributed by atoms with E-state index in [1.54, 1.807) is 12.3 Å². The standard InChI is InChI=1S/C12H17N3O/c1-2-7-13-10-12(16)15-9-6-11-5-3-4-8-14-11/h2-5,8,13H,1,6-7,9-10H2,(H,15,16). The van der Waals surface area contributed by atoms with Crippen molar-refractivity contribution in [2.24, 2.45) is 0 Å². The normalized spacial score (nSPS) is 9.75. The summed E-state index contributed by atoms with van der Waals surface area (Å²) in [6.45, 7) is 5.15. The summed E-state index contributed by atoms with van der Waals surface area (Å²) < 4.78 is 0. The van der Waals surface area contributed by atoms with Crippen molar-refractivity contribution >= 4 is 5.91 Å². The molecule has 1 aromatic heterocycles. The Morgan fingerprint density at radius 3 is 3.06 bits per heavy atom. The van der Waals surface area contributed by atoms with Crippen LogP contribution in [0.1, 0.15) is 5.69 Å². The molecule has 0 aliphatic carbocycles. The molecule has 0 aliphatic rings. The largest absolute Gasteiger partial charge is 0.355 e. The summed E-state index contributed by atoms with van der Waals surface area (Å²) in [4.78, 5) is 15.5. The molecule has 0 radical (unpaired) electrons. The monoisotopic (exact) mass is 219 g/mol. The third-order valence-electron chi connectivity index (χ3n) is 2.00. The Hall–Kier alpha value is -1.68. The van der Waals surface area contributed by atoms with Crippen LogP contribution in [0.15, 0.2) is 37.1 Å². The molecular formula is C12H17N3O. The average Bonchev–Trinajstić information content (AvgIpc) is 2.31. The highest BCUT2D eigenvalue weighted by Crippen LogP contribution is 1.92. The maximum atomic E-state index is 11.3. The minimum Gasteiger partial charge on any atom is -0.355 e. The summed E-state index contributed by atoms with van der Waals surface area (Å²) in [6.07, 6.45) is 4.23. The van der Waals surface area contributed by atoms with Gasteiger partial charge in [-0.1, -0.05) is 12.1 Å². The summed E-state index contributed by atoms with van der Waals surface area (Å²) >= 11 is 0. The fourth-order valence-electron chi connectivity index (χ4n) is 1.23. The molecule has 0 aliphatic heterocycles. The first-order valence-corrected chi connectivity index (χ1v) is 5.31. The van der Waals surface area contributed by atoms with Gasteiger partial charge in [-0.25, -0.2) is 0 Å². The van der Waals surface area contributed by atoms with Gasteiger partial charge in [-0.15, -0.1) is 6.58 Å². The molecule has 0 bridgehead atoms. The second kappa shape index (κ2) is 7.59. The Morgan fingerprint density at radius 1 is 1.50 bits per heavy atom. The molecule has 0 spiro atoms. The highest BCUT2D eigenvalue weighted by Gasteiger charge is 1.99. The van der Waals surface area contributed by atoms with Crippen LogP contribution < -0.4 is 10.6 Å². The van der Waals surface area contributed by atoms with Crippen molar-refractivity contribution < 1.29 is 4.79 Å². The topological polar surface area (TPSA) is 54.0 Å². The number of rotatable bonds is 7. The number of nitrogens with one attached hydrogen (secondary N) is 2. The molecule has 0 aromatic carbocycles. The molecule has 1 amide bonds. The average molecular weight is 219 g/mol. The van der Waals surface area contributed by atoms with Crippen molar-refractivity contribution in [3.8, 4) is 0 Å². The highest BCUT2D eigenvalue weighted by atomic mass is 16.1. The van der Waals surface area contributed by atoms with Crippen LogP contribution in [0.25, 0.3) is 0 Å². The molecule has 2 N–H and O–H groups in total. The summed E-state index contributed by atoms with van der Waals surface area (Å²) in [6, 6.07) is 5.76. The van der Waals surface area contributed by atoms with Gasteiger partial charge in [-0.05, 0) is 12.1 Å². The number of pyridine rings is 1. The Balaban J connectivity index is 2.11. The molecule has 0 fully saturated rings. The van der Waals surface area contributed by atoms with Crippen molar-refractivity contribution in [1.29, 1.82) is 0 Å². The summed E-state index contributed by atoms with van der Waals surface area (Å²) in [5.41, 5.74) is 0.988. The SMILES string of the molecule is C=CCNCC(=O)NCCc1ccccn1. The maximum Gasteiger partial charge on any atom is 0.233 e. The number of hydrogen-bond donors (Lipinski definition) is 2. The first kappa shape index (κ1) is 12.4. The van der Waals surface area contributed by atoms with E-state index in [4.69, 9.17) is 0 Å². The fraction of sp³-hybridized carbons (Fsp3) is 0.333. The molecule has 86 valence electrons. The summed E-state index contributed by atoms with van der Waals surface area (Å²) in [7, 11) is 0. The van der Waals surface area contributed by atoms with Crippen molar-refractivity contribution in [2.75, 3.05) is 19.6 Å². The third-order valence-corrected chi connectivity index (χ3v) is 2.00. The lowest BCUT2D eigenvalue weighted by molar-refractivity contribution is -0.120. The molecule has 0 unspecified atom stereocenters. The zero-order valence-electron chi connectivity index (χ0n) is 9.28. The van der Waals surface area contributed by atoms with Gasteiger partial charge < -0.3 is 10.6 Å². The molecule has 4 nitrogen and oxygen atoms in total. The van der Waals surface area contributed by atoms with Gasteiger partial charge in [0.15, 0.2) is 0 Å². The van der Waals surface area contributed by atoms with Crippen LogP contribution in [-0.4, -0.2) is 30.5 Å². The number of hydrogen-bond acceptors (Lipinski definition) is 3. The lowest BCUT2D eigenvalue weighted by atomic mass is 10.3. The zero-order valence-corrected chi connectivity index (χ0v) is 9.28. The van der Waals surface area contributed by atoms with Crippen molar-refractivity contribution in [1.82, 2.24) is 15.6 Å². The highest BCUT2D eigenvalue weighted by molar-refractivity contribution is 5.77. The van der Waals surface area contributed by atoms with Gasteiger partial charge in [0.25, 0.3) is 0 Å². The smallest absolute Gasteiger partial charge is 0.233 e. The van der Waals surface area contributed by atoms with E-state index < -0.39 is 0 Å². The predicted molar refractivity (Wildman–Crippen MR) is 64.0 cm³/mol. The quantitative estimate of drug-likeness (QED) is 0.519. The molecule has 1 heterocycles. The van der Waals surface area contributed by atoms with E-state index in [0.29, 0.717) is 19.6 Å². The first-order valence-electron chi connectivity index (χ1n) is 5.31. The van der Waals surface area contributed by atoms with Crippen LogP contribution in [-0.2, 0) is 11.2 Å². The van der Waals surface area contributed by atoms with E-state index in [1.807, 2.05) is 18.2 Å². The number of carbonyl (C=O) groups is 1. The van der Waals surface area contributed by atoms with Crippen molar-refractivity contribution in [2.45, 2.75) is 6.42 Å². The molecule has 1 rings (SSSR count). The van der Waals surface area contributed by atoms with E-state index in [-0.39, 0.29) is 5.91 Å². The van der Waals surface area contributed by atoms with Gasteiger partial charge in [0.2, 0.25) is 5.91 Å². The van der Waals surface area contributed by atoms with Crippen LogP contribution in [0.5, 0.6) is 0 Å². The minimum absolute atomic E-state index is 0.00205. The second-order valence-corrected chi connectivity index (χ2v) is 3.34. The number of carbonyl (C=O) groups excluding carboxylic acids is 1. The van der Waals surface area contributed by atoms with Gasteiger partial charge >= 0.3 is 0 Å². The summed E-state index contributed by atoms with van der Waals surface area (Å²) in [5.74, 6) is -0.00205. The van der Waals surface area contributed by atoms with E-state index in [2.05, 4.69) is 22.2 Å². The fourth-order valence-corrected chi connectivity index (χ4v) is 1.23. The van der Waals surface area contributed by atoms with Crippen LogP contribution >= 0.6 is 0 Å². The molecule has 16 heavy (non-hydrogen) atoms. The third kappa shape index (κ3) is 5.26. The van der Waals surface area contributed by atoms with E-state index in [0.717, 1.165) is 12.1 Å². The molecule has 0 atom stereocenters. The van der Waals surface area contributed by atoms with Gasteiger partial charge in [0.1, 0.15) is 0 Å². The maximum absolute atomic E-state index is 11.3. The van der Waals surface area contributed by atoms with Gasteiger partial charge in [-0.3, -0.25) is 9.78 Å². The van der Waals surface area contributed by atoms with E-state index in [1.165, 1.54) is 0 Å². The first-order chi connectivity index (χ1) is 7.83. The summed E-state index contributed by atoms with van der Waals surface area (Å²) in [5, 5.41) is 5.75. The Morgan fingerprint density at radius 2 is 2.38 bits per heavy atom. The van der Waals surface area contributed by atoms with Crippen LogP contribution in [0.2, 0.25) is 0 Å². The van der Waals surface area contributed by atoms with Crippen LogP contribution in [0.3, 0.4) is 0 Å².